The first-order chi connectivity index (χ1) is 11.7. The number of nitrogens with zero attached hydrogens (tertiary/aromatic N) is 4. The SMILES string of the molecule is CCSC(=O)N1CCN(Cc2noc(-c3cccc(Cl)c3)n2)CC1. The third-order valence-corrected chi connectivity index (χ3v) is 4.83. The van der Waals surface area contributed by atoms with Gasteiger partial charge in [0.1, 0.15) is 0 Å². The Balaban J connectivity index is 1.56. The molecule has 0 saturated carbocycles. The van der Waals surface area contributed by atoms with Crippen LogP contribution in [0.5, 0.6) is 0 Å². The minimum absolute atomic E-state index is 0.167. The first-order valence-electron chi connectivity index (χ1n) is 7.88. The molecule has 0 spiro atoms. The maximum absolute atomic E-state index is 11.9. The Hall–Kier alpha value is -1.57. The fraction of sp³-hybridized carbons (Fsp3) is 0.438. The van der Waals surface area contributed by atoms with Gasteiger partial charge in [0.2, 0.25) is 0 Å². The van der Waals surface area contributed by atoms with Crippen molar-refractivity contribution in [3.8, 4) is 11.5 Å². The van der Waals surface area contributed by atoms with Crippen molar-refractivity contribution in [2.24, 2.45) is 0 Å². The summed E-state index contributed by atoms with van der Waals surface area (Å²) in [5.74, 6) is 1.93. The molecule has 1 aromatic carbocycles. The van der Waals surface area contributed by atoms with E-state index in [-0.39, 0.29) is 5.24 Å². The van der Waals surface area contributed by atoms with Crippen LogP contribution in [0.2, 0.25) is 5.02 Å². The van der Waals surface area contributed by atoms with E-state index in [0.29, 0.717) is 23.3 Å². The highest BCUT2D eigenvalue weighted by Crippen LogP contribution is 2.21. The Bertz CT molecular complexity index is 701. The van der Waals surface area contributed by atoms with Crippen molar-refractivity contribution in [1.82, 2.24) is 19.9 Å². The first-order valence-corrected chi connectivity index (χ1v) is 9.24. The summed E-state index contributed by atoms with van der Waals surface area (Å²) < 4.78 is 5.32. The second-order valence-electron chi connectivity index (χ2n) is 5.49. The van der Waals surface area contributed by atoms with Crippen LogP contribution in [-0.4, -0.2) is 57.1 Å². The van der Waals surface area contributed by atoms with Gasteiger partial charge in [-0.3, -0.25) is 9.69 Å². The van der Waals surface area contributed by atoms with Crippen molar-refractivity contribution in [3.05, 3.63) is 35.1 Å². The molecule has 3 rings (SSSR count). The molecule has 8 heteroatoms. The van der Waals surface area contributed by atoms with Crippen LogP contribution in [0, 0.1) is 0 Å². The number of rotatable bonds is 4. The number of thioether (sulfide) groups is 1. The van der Waals surface area contributed by atoms with E-state index in [0.717, 1.165) is 37.5 Å². The molecular weight excluding hydrogens is 348 g/mol. The van der Waals surface area contributed by atoms with Gasteiger partial charge in [0.05, 0.1) is 6.54 Å². The van der Waals surface area contributed by atoms with Crippen molar-refractivity contribution in [1.29, 1.82) is 0 Å². The highest BCUT2D eigenvalue weighted by molar-refractivity contribution is 8.13. The molecule has 1 aliphatic rings. The number of halogens is 1. The molecule has 2 heterocycles. The molecule has 1 aromatic heterocycles. The second-order valence-corrected chi connectivity index (χ2v) is 7.14. The Kier molecular flexibility index (Phi) is 5.76. The molecular formula is C16H19ClN4O2S. The lowest BCUT2D eigenvalue weighted by Gasteiger charge is -2.33. The number of carbonyl (C=O) groups excluding carboxylic acids is 1. The summed E-state index contributed by atoms with van der Waals surface area (Å²) in [6.45, 7) is 5.73. The average molecular weight is 367 g/mol. The Morgan fingerprint density at radius 1 is 1.33 bits per heavy atom. The van der Waals surface area contributed by atoms with E-state index >= 15 is 0 Å². The van der Waals surface area contributed by atoms with Gasteiger partial charge in [-0.2, -0.15) is 4.98 Å². The molecule has 24 heavy (non-hydrogen) atoms. The van der Waals surface area contributed by atoms with E-state index in [2.05, 4.69) is 15.0 Å². The number of hydrogen-bond acceptors (Lipinski definition) is 6. The number of piperazine rings is 1. The van der Waals surface area contributed by atoms with Crippen LogP contribution in [0.4, 0.5) is 4.79 Å². The van der Waals surface area contributed by atoms with E-state index in [1.54, 1.807) is 12.1 Å². The fourth-order valence-electron chi connectivity index (χ4n) is 2.56. The van der Waals surface area contributed by atoms with E-state index in [4.69, 9.17) is 16.1 Å². The topological polar surface area (TPSA) is 62.5 Å². The molecule has 0 radical (unpaired) electrons. The van der Waals surface area contributed by atoms with Crippen molar-refractivity contribution in [2.45, 2.75) is 13.5 Å². The van der Waals surface area contributed by atoms with Crippen LogP contribution < -0.4 is 0 Å². The smallest absolute Gasteiger partial charge is 0.281 e. The Morgan fingerprint density at radius 3 is 2.83 bits per heavy atom. The van der Waals surface area contributed by atoms with Crippen molar-refractivity contribution < 1.29 is 9.32 Å². The standard InChI is InChI=1S/C16H19ClN4O2S/c1-2-24-16(22)21-8-6-20(7-9-21)11-14-18-15(23-19-14)12-4-3-5-13(17)10-12/h3-5,10H,2,6-9,11H2,1H3. The van der Waals surface area contributed by atoms with Crippen molar-refractivity contribution in [2.75, 3.05) is 31.9 Å². The number of hydrogen-bond donors (Lipinski definition) is 0. The van der Waals surface area contributed by atoms with E-state index in [9.17, 15) is 4.79 Å². The number of amides is 1. The zero-order valence-corrected chi connectivity index (χ0v) is 15.0. The normalized spacial score (nSPS) is 15.7. The third kappa shape index (κ3) is 4.28. The van der Waals surface area contributed by atoms with Crippen LogP contribution in [0.3, 0.4) is 0 Å². The minimum Gasteiger partial charge on any atom is -0.334 e. The predicted octanol–water partition coefficient (Wildman–Crippen LogP) is 3.38. The minimum atomic E-state index is 0.167. The van der Waals surface area contributed by atoms with Crippen LogP contribution in [0.25, 0.3) is 11.5 Å². The number of carbonyl (C=O) groups is 1. The van der Waals surface area contributed by atoms with Crippen LogP contribution >= 0.6 is 23.4 Å². The van der Waals surface area contributed by atoms with Gasteiger partial charge in [-0.15, -0.1) is 0 Å². The van der Waals surface area contributed by atoms with Crippen LogP contribution in [0.15, 0.2) is 28.8 Å². The molecule has 2 aromatic rings. The molecule has 128 valence electrons. The van der Waals surface area contributed by atoms with Gasteiger partial charge in [-0.25, -0.2) is 0 Å². The van der Waals surface area contributed by atoms with Crippen molar-refractivity contribution in [3.63, 3.8) is 0 Å². The number of aromatic nitrogens is 2. The molecule has 0 unspecified atom stereocenters. The summed E-state index contributed by atoms with van der Waals surface area (Å²) in [5, 5.41) is 4.85. The monoisotopic (exact) mass is 366 g/mol. The quantitative estimate of drug-likeness (QED) is 0.826. The second kappa shape index (κ2) is 8.00. The van der Waals surface area contributed by atoms with E-state index < -0.39 is 0 Å². The van der Waals surface area contributed by atoms with Gasteiger partial charge < -0.3 is 9.42 Å². The average Bonchev–Trinajstić information content (AvgIpc) is 3.04. The molecule has 0 atom stereocenters. The Labute approximate surface area is 150 Å². The van der Waals surface area contributed by atoms with Crippen LogP contribution in [-0.2, 0) is 6.54 Å². The summed E-state index contributed by atoms with van der Waals surface area (Å²) in [7, 11) is 0. The molecule has 1 amide bonds. The maximum Gasteiger partial charge on any atom is 0.281 e. The van der Waals surface area contributed by atoms with Gasteiger partial charge in [0.25, 0.3) is 11.1 Å². The molecule has 1 aliphatic heterocycles. The summed E-state index contributed by atoms with van der Waals surface area (Å²) in [6.07, 6.45) is 0. The van der Waals surface area contributed by atoms with Gasteiger partial charge in [-0.1, -0.05) is 41.5 Å². The number of benzene rings is 1. The van der Waals surface area contributed by atoms with Gasteiger partial charge in [0.15, 0.2) is 5.82 Å². The van der Waals surface area contributed by atoms with Gasteiger partial charge in [0, 0.05) is 36.8 Å². The van der Waals surface area contributed by atoms with Crippen LogP contribution in [0.1, 0.15) is 12.7 Å². The Morgan fingerprint density at radius 2 is 2.12 bits per heavy atom. The largest absolute Gasteiger partial charge is 0.334 e. The molecule has 0 aliphatic carbocycles. The summed E-state index contributed by atoms with van der Waals surface area (Å²) in [6, 6.07) is 7.35. The molecule has 1 fully saturated rings. The summed E-state index contributed by atoms with van der Waals surface area (Å²) in [4.78, 5) is 20.4. The van der Waals surface area contributed by atoms with Gasteiger partial charge >= 0.3 is 0 Å². The lowest BCUT2D eigenvalue weighted by Crippen LogP contribution is -2.47. The molecule has 6 nitrogen and oxygen atoms in total. The van der Waals surface area contributed by atoms with E-state index in [1.807, 2.05) is 24.0 Å². The zero-order chi connectivity index (χ0) is 16.9. The lowest BCUT2D eigenvalue weighted by molar-refractivity contribution is 0.146. The van der Waals surface area contributed by atoms with Crippen molar-refractivity contribution >= 4 is 28.6 Å². The highest BCUT2D eigenvalue weighted by Gasteiger charge is 2.22. The third-order valence-electron chi connectivity index (χ3n) is 3.80. The molecule has 0 bridgehead atoms. The highest BCUT2D eigenvalue weighted by atomic mass is 35.5. The summed E-state index contributed by atoms with van der Waals surface area (Å²) >= 11 is 7.35. The van der Waals surface area contributed by atoms with E-state index in [1.165, 1.54) is 11.8 Å². The summed E-state index contributed by atoms with van der Waals surface area (Å²) in [5.41, 5.74) is 0.813. The van der Waals surface area contributed by atoms with Gasteiger partial charge in [-0.05, 0) is 24.0 Å². The predicted molar refractivity (Wildman–Crippen MR) is 95.1 cm³/mol. The molecule has 0 N–H and O–H groups in total. The maximum atomic E-state index is 11.9. The fourth-order valence-corrected chi connectivity index (χ4v) is 3.36. The zero-order valence-electron chi connectivity index (χ0n) is 13.4. The molecule has 1 saturated heterocycles. The first kappa shape index (κ1) is 17.3. The lowest BCUT2D eigenvalue weighted by atomic mass is 10.2.